The minimum absolute atomic E-state index is 0.0702. The molecule has 0 N–H and O–H groups in total. The van der Waals surface area contributed by atoms with Crippen molar-refractivity contribution in [1.29, 1.82) is 0 Å². The maximum absolute atomic E-state index is 13.4. The zero-order chi connectivity index (χ0) is 13.1. The van der Waals surface area contributed by atoms with Crippen LogP contribution in [-0.4, -0.2) is 22.6 Å². The zero-order valence-electron chi connectivity index (χ0n) is 9.22. The highest BCUT2D eigenvalue weighted by Gasteiger charge is 2.34. The van der Waals surface area contributed by atoms with Crippen molar-refractivity contribution in [1.82, 2.24) is 4.90 Å². The van der Waals surface area contributed by atoms with Crippen LogP contribution >= 0.6 is 11.8 Å². The molecule has 1 heterocycles. The molecule has 0 aliphatic carbocycles. The average molecular weight is 261 g/mol. The molecule has 1 saturated heterocycles. The number of thioether (sulfide) groups is 1. The SMILES string of the molecule is C#CCN1C(=O)S/C(=C\c2ccccc2F)C1=O. The standard InChI is InChI=1S/C13H8FNO2S/c1-2-7-15-12(16)11(18-13(15)17)8-9-5-3-4-6-10(9)14/h1,3-6,8H,7H2/b11-8-. The molecule has 0 spiro atoms. The van der Waals surface area contributed by atoms with Gasteiger partial charge in [0.25, 0.3) is 11.1 Å². The molecule has 1 aliphatic heterocycles. The fraction of sp³-hybridized carbons (Fsp3) is 0.0769. The molecule has 3 nitrogen and oxygen atoms in total. The molecule has 0 aromatic heterocycles. The number of imide groups is 1. The molecule has 1 aromatic rings. The minimum Gasteiger partial charge on any atom is -0.268 e. The van der Waals surface area contributed by atoms with Gasteiger partial charge in [0.15, 0.2) is 0 Å². The number of halogens is 1. The molecule has 0 radical (unpaired) electrons. The van der Waals surface area contributed by atoms with Gasteiger partial charge in [-0.05, 0) is 23.9 Å². The van der Waals surface area contributed by atoms with E-state index in [0.29, 0.717) is 0 Å². The van der Waals surface area contributed by atoms with Gasteiger partial charge in [0.1, 0.15) is 5.82 Å². The summed E-state index contributed by atoms with van der Waals surface area (Å²) in [6, 6.07) is 6.03. The van der Waals surface area contributed by atoms with Crippen molar-refractivity contribution in [3.8, 4) is 12.3 Å². The maximum Gasteiger partial charge on any atom is 0.294 e. The van der Waals surface area contributed by atoms with E-state index >= 15 is 0 Å². The van der Waals surface area contributed by atoms with Gasteiger partial charge >= 0.3 is 0 Å². The first-order chi connectivity index (χ1) is 8.63. The van der Waals surface area contributed by atoms with Gasteiger partial charge in [-0.1, -0.05) is 24.1 Å². The van der Waals surface area contributed by atoms with Crippen molar-refractivity contribution in [2.45, 2.75) is 0 Å². The van der Waals surface area contributed by atoms with Crippen LogP contribution in [0.3, 0.4) is 0 Å². The summed E-state index contributed by atoms with van der Waals surface area (Å²) in [6.07, 6.45) is 6.43. The lowest BCUT2D eigenvalue weighted by molar-refractivity contribution is -0.122. The number of rotatable bonds is 2. The average Bonchev–Trinajstić information content (AvgIpc) is 2.60. The fourth-order valence-corrected chi connectivity index (χ4v) is 2.29. The lowest BCUT2D eigenvalue weighted by Crippen LogP contribution is -2.28. The van der Waals surface area contributed by atoms with Crippen molar-refractivity contribution in [2.24, 2.45) is 0 Å². The van der Waals surface area contributed by atoms with Gasteiger partial charge in [0.2, 0.25) is 0 Å². The largest absolute Gasteiger partial charge is 0.294 e. The van der Waals surface area contributed by atoms with Crippen LogP contribution < -0.4 is 0 Å². The first kappa shape index (κ1) is 12.4. The summed E-state index contributed by atoms with van der Waals surface area (Å²) in [4.78, 5) is 24.5. The van der Waals surface area contributed by atoms with Gasteiger partial charge in [0.05, 0.1) is 11.4 Å². The molecule has 2 amide bonds. The molecule has 1 aromatic carbocycles. The Kier molecular flexibility index (Phi) is 3.49. The minimum atomic E-state index is -0.480. The first-order valence-electron chi connectivity index (χ1n) is 5.07. The molecule has 18 heavy (non-hydrogen) atoms. The van der Waals surface area contributed by atoms with E-state index in [1.807, 2.05) is 0 Å². The predicted octanol–water partition coefficient (Wildman–Crippen LogP) is 2.50. The van der Waals surface area contributed by atoms with Crippen molar-refractivity contribution in [3.05, 3.63) is 40.6 Å². The number of benzene rings is 1. The smallest absolute Gasteiger partial charge is 0.268 e. The molecule has 5 heteroatoms. The van der Waals surface area contributed by atoms with E-state index < -0.39 is 17.0 Å². The van der Waals surface area contributed by atoms with E-state index in [9.17, 15) is 14.0 Å². The van der Waals surface area contributed by atoms with Crippen molar-refractivity contribution >= 4 is 29.0 Å². The lowest BCUT2D eigenvalue weighted by atomic mass is 10.2. The molecule has 0 atom stereocenters. The monoisotopic (exact) mass is 261 g/mol. The Hall–Kier alpha value is -2.06. The fourth-order valence-electron chi connectivity index (χ4n) is 1.46. The number of nitrogens with zero attached hydrogens (tertiary/aromatic N) is 1. The second-order valence-corrected chi connectivity index (χ2v) is 4.49. The van der Waals surface area contributed by atoms with Gasteiger partial charge in [-0.25, -0.2) is 4.39 Å². The highest BCUT2D eigenvalue weighted by molar-refractivity contribution is 8.18. The van der Waals surface area contributed by atoms with Crippen LogP contribution in [0.1, 0.15) is 5.56 Å². The molecular weight excluding hydrogens is 253 g/mol. The molecule has 0 bridgehead atoms. The van der Waals surface area contributed by atoms with E-state index in [1.165, 1.54) is 18.2 Å². The highest BCUT2D eigenvalue weighted by Crippen LogP contribution is 2.32. The van der Waals surface area contributed by atoms with Crippen LogP contribution in [-0.2, 0) is 4.79 Å². The normalized spacial score (nSPS) is 17.3. The molecule has 0 unspecified atom stereocenters. The van der Waals surface area contributed by atoms with Crippen LogP contribution in [0.25, 0.3) is 6.08 Å². The Morgan fingerprint density at radius 3 is 2.78 bits per heavy atom. The Morgan fingerprint density at radius 1 is 1.39 bits per heavy atom. The highest BCUT2D eigenvalue weighted by atomic mass is 32.2. The molecule has 0 saturated carbocycles. The Bertz CT molecular complexity index is 589. The van der Waals surface area contributed by atoms with E-state index in [-0.39, 0.29) is 17.0 Å². The topological polar surface area (TPSA) is 37.4 Å². The number of terminal acetylenes is 1. The lowest BCUT2D eigenvalue weighted by Gasteiger charge is -2.06. The number of hydrogen-bond acceptors (Lipinski definition) is 3. The third-order valence-electron chi connectivity index (χ3n) is 2.31. The van der Waals surface area contributed by atoms with E-state index in [4.69, 9.17) is 6.42 Å². The zero-order valence-corrected chi connectivity index (χ0v) is 10.0. The number of carbonyl (C=O) groups is 2. The first-order valence-corrected chi connectivity index (χ1v) is 5.88. The predicted molar refractivity (Wildman–Crippen MR) is 67.9 cm³/mol. The summed E-state index contributed by atoms with van der Waals surface area (Å²) in [6.45, 7) is -0.0702. The third kappa shape index (κ3) is 2.29. The van der Waals surface area contributed by atoms with Crippen molar-refractivity contribution in [2.75, 3.05) is 6.54 Å². The Labute approximate surface area is 108 Å². The second kappa shape index (κ2) is 5.07. The number of amides is 2. The van der Waals surface area contributed by atoms with Gasteiger partial charge in [-0.15, -0.1) is 6.42 Å². The summed E-state index contributed by atoms with van der Waals surface area (Å²) in [5.74, 6) is 1.31. The summed E-state index contributed by atoms with van der Waals surface area (Å²) in [5, 5.41) is -0.430. The summed E-state index contributed by atoms with van der Waals surface area (Å²) < 4.78 is 13.4. The third-order valence-corrected chi connectivity index (χ3v) is 3.22. The van der Waals surface area contributed by atoms with Crippen LogP contribution in [0.15, 0.2) is 29.2 Å². The quantitative estimate of drug-likeness (QED) is 0.606. The van der Waals surface area contributed by atoms with Gasteiger partial charge < -0.3 is 0 Å². The van der Waals surface area contributed by atoms with Gasteiger partial charge in [-0.3, -0.25) is 14.5 Å². The van der Waals surface area contributed by atoms with E-state index in [0.717, 1.165) is 16.7 Å². The Balaban J connectivity index is 2.32. The van der Waals surface area contributed by atoms with Crippen molar-refractivity contribution < 1.29 is 14.0 Å². The molecule has 2 rings (SSSR count). The summed E-state index contributed by atoms with van der Waals surface area (Å²) >= 11 is 0.762. The molecule has 1 fully saturated rings. The molecule has 1 aliphatic rings. The summed E-state index contributed by atoms with van der Waals surface area (Å²) in [5.41, 5.74) is 0.267. The van der Waals surface area contributed by atoms with Crippen molar-refractivity contribution in [3.63, 3.8) is 0 Å². The van der Waals surface area contributed by atoms with Gasteiger partial charge in [0, 0.05) is 5.56 Å². The molecule has 90 valence electrons. The van der Waals surface area contributed by atoms with E-state index in [2.05, 4.69) is 5.92 Å². The number of carbonyl (C=O) groups excluding carboxylic acids is 2. The molecular formula is C13H8FNO2S. The van der Waals surface area contributed by atoms with Crippen LogP contribution in [0, 0.1) is 18.2 Å². The maximum atomic E-state index is 13.4. The second-order valence-electron chi connectivity index (χ2n) is 3.49. The van der Waals surface area contributed by atoms with Crippen LogP contribution in [0.4, 0.5) is 9.18 Å². The van der Waals surface area contributed by atoms with E-state index in [1.54, 1.807) is 12.1 Å². The van der Waals surface area contributed by atoms with Gasteiger partial charge in [-0.2, -0.15) is 0 Å². The van der Waals surface area contributed by atoms with Crippen LogP contribution in [0.5, 0.6) is 0 Å². The summed E-state index contributed by atoms with van der Waals surface area (Å²) in [7, 11) is 0. The number of hydrogen-bond donors (Lipinski definition) is 0. The van der Waals surface area contributed by atoms with Crippen LogP contribution in [0.2, 0.25) is 0 Å². The Morgan fingerprint density at radius 2 is 2.11 bits per heavy atom.